The number of amides is 1. The maximum Gasteiger partial charge on any atom is 0.259 e. The molecule has 0 unspecified atom stereocenters. The van der Waals surface area contributed by atoms with Crippen molar-refractivity contribution in [2.24, 2.45) is 0 Å². The van der Waals surface area contributed by atoms with Crippen LogP contribution in [0.25, 0.3) is 0 Å². The highest BCUT2D eigenvalue weighted by atomic mass is 16.5. The van der Waals surface area contributed by atoms with Gasteiger partial charge in [-0.3, -0.25) is 4.79 Å². The summed E-state index contributed by atoms with van der Waals surface area (Å²) < 4.78 is 11.3. The lowest BCUT2D eigenvalue weighted by Crippen LogP contribution is -2.14. The largest absolute Gasteiger partial charge is 0.489 e. The Kier molecular flexibility index (Phi) is 6.40. The summed E-state index contributed by atoms with van der Waals surface area (Å²) in [6.07, 6.45) is 0. The Bertz CT molecular complexity index is 780. The number of para-hydroxylation sites is 1. The monoisotopic (exact) mass is 337 g/mol. The molecule has 0 atom stereocenters. The van der Waals surface area contributed by atoms with E-state index < -0.39 is 0 Å². The van der Waals surface area contributed by atoms with E-state index in [1.165, 1.54) is 0 Å². The minimum absolute atomic E-state index is 0.241. The van der Waals surface area contributed by atoms with E-state index in [1.54, 1.807) is 24.3 Å². The first-order chi connectivity index (χ1) is 12.0. The van der Waals surface area contributed by atoms with Gasteiger partial charge in [-0.2, -0.15) is 0 Å². The fourth-order valence-corrected chi connectivity index (χ4v) is 2.05. The molecule has 0 saturated carbocycles. The molecule has 1 amide bonds. The van der Waals surface area contributed by atoms with Gasteiger partial charge in [0, 0.05) is 11.8 Å². The summed E-state index contributed by atoms with van der Waals surface area (Å²) in [5, 5.41) is 2.87. The lowest BCUT2D eigenvalue weighted by molar-refractivity contribution is 0.102. The van der Waals surface area contributed by atoms with Crippen molar-refractivity contribution in [2.75, 3.05) is 18.5 Å². The number of carbonyl (C=O) groups excluding carboxylic acids is 1. The third kappa shape index (κ3) is 5.84. The van der Waals surface area contributed by atoms with Crippen LogP contribution < -0.4 is 14.8 Å². The van der Waals surface area contributed by atoms with Crippen molar-refractivity contribution in [3.05, 3.63) is 78.4 Å². The molecule has 0 aliphatic rings. The quantitative estimate of drug-likeness (QED) is 0.701. The van der Waals surface area contributed by atoms with Gasteiger partial charge in [-0.05, 0) is 49.3 Å². The van der Waals surface area contributed by atoms with Gasteiger partial charge in [-0.25, -0.2) is 0 Å². The second-order valence-corrected chi connectivity index (χ2v) is 5.97. The molecule has 2 rings (SSSR count). The van der Waals surface area contributed by atoms with Crippen LogP contribution in [0.15, 0.2) is 72.8 Å². The predicted octanol–water partition coefficient (Wildman–Crippen LogP) is 4.85. The third-order valence-electron chi connectivity index (χ3n) is 3.18. The Hall–Kier alpha value is -3.01. The molecule has 0 spiro atoms. The molecule has 0 aliphatic heterocycles. The van der Waals surface area contributed by atoms with E-state index >= 15 is 0 Å². The summed E-state index contributed by atoms with van der Waals surface area (Å²) >= 11 is 0. The highest BCUT2D eigenvalue weighted by Crippen LogP contribution is 2.22. The van der Waals surface area contributed by atoms with Crippen molar-refractivity contribution in [3.8, 4) is 11.5 Å². The molecular formula is C21H23NO3. The molecule has 0 fully saturated rings. The number of hydrogen-bond acceptors (Lipinski definition) is 3. The highest BCUT2D eigenvalue weighted by Gasteiger charge is 2.12. The van der Waals surface area contributed by atoms with Crippen molar-refractivity contribution in [3.63, 3.8) is 0 Å². The Labute approximate surface area is 148 Å². The van der Waals surface area contributed by atoms with E-state index in [0.717, 1.165) is 11.1 Å². The Morgan fingerprint density at radius 3 is 2.36 bits per heavy atom. The van der Waals surface area contributed by atoms with Crippen molar-refractivity contribution in [1.82, 2.24) is 0 Å². The maximum absolute atomic E-state index is 12.6. The Balaban J connectivity index is 2.10. The average molecular weight is 337 g/mol. The molecule has 0 bridgehead atoms. The summed E-state index contributed by atoms with van der Waals surface area (Å²) in [6.45, 7) is 12.2. The lowest BCUT2D eigenvalue weighted by atomic mass is 10.1. The van der Waals surface area contributed by atoms with E-state index in [2.05, 4.69) is 18.5 Å². The SMILES string of the molecule is C=C(C)COc1cccc(NC(=O)c2ccccc2OCC(=C)C)c1. The van der Waals surface area contributed by atoms with Gasteiger partial charge in [-0.15, -0.1) is 0 Å². The van der Waals surface area contributed by atoms with Gasteiger partial charge in [0.05, 0.1) is 5.56 Å². The zero-order valence-electron chi connectivity index (χ0n) is 14.7. The summed E-state index contributed by atoms with van der Waals surface area (Å²) in [7, 11) is 0. The van der Waals surface area contributed by atoms with Gasteiger partial charge in [0.25, 0.3) is 5.91 Å². The molecular weight excluding hydrogens is 314 g/mol. The van der Waals surface area contributed by atoms with Gasteiger partial charge >= 0.3 is 0 Å². The zero-order valence-corrected chi connectivity index (χ0v) is 14.7. The molecule has 130 valence electrons. The number of hydrogen-bond donors (Lipinski definition) is 1. The van der Waals surface area contributed by atoms with Crippen molar-refractivity contribution in [1.29, 1.82) is 0 Å². The summed E-state index contributed by atoms with van der Waals surface area (Å²) in [5.41, 5.74) is 2.94. The molecule has 0 radical (unpaired) electrons. The first-order valence-electron chi connectivity index (χ1n) is 8.00. The molecule has 4 heteroatoms. The van der Waals surface area contributed by atoms with Crippen molar-refractivity contribution >= 4 is 11.6 Å². The van der Waals surface area contributed by atoms with Crippen LogP contribution in [-0.2, 0) is 0 Å². The zero-order chi connectivity index (χ0) is 18.2. The third-order valence-corrected chi connectivity index (χ3v) is 3.18. The predicted molar refractivity (Wildman–Crippen MR) is 101 cm³/mol. The number of carbonyl (C=O) groups is 1. The lowest BCUT2D eigenvalue weighted by Gasteiger charge is -2.12. The smallest absolute Gasteiger partial charge is 0.259 e. The molecule has 2 aromatic carbocycles. The van der Waals surface area contributed by atoms with Crippen LogP contribution in [0.3, 0.4) is 0 Å². The standard InChI is InChI=1S/C21H23NO3/c1-15(2)13-24-18-9-7-8-17(12-18)22-21(23)19-10-5-6-11-20(19)25-14-16(3)4/h5-12H,1,3,13-14H2,2,4H3,(H,22,23). The van der Waals surface area contributed by atoms with Gasteiger partial charge in [0.1, 0.15) is 24.7 Å². The fraction of sp³-hybridized carbons (Fsp3) is 0.190. The van der Waals surface area contributed by atoms with E-state index in [-0.39, 0.29) is 5.91 Å². The highest BCUT2D eigenvalue weighted by molar-refractivity contribution is 6.06. The summed E-state index contributed by atoms with van der Waals surface area (Å²) in [6, 6.07) is 14.4. The first kappa shape index (κ1) is 18.3. The minimum Gasteiger partial charge on any atom is -0.489 e. The van der Waals surface area contributed by atoms with E-state index in [9.17, 15) is 4.79 Å². The second-order valence-electron chi connectivity index (χ2n) is 5.97. The molecule has 0 heterocycles. The molecule has 25 heavy (non-hydrogen) atoms. The Morgan fingerprint density at radius 2 is 1.64 bits per heavy atom. The summed E-state index contributed by atoms with van der Waals surface area (Å²) in [4.78, 5) is 12.6. The number of anilines is 1. The average Bonchev–Trinajstić information content (AvgIpc) is 2.58. The number of ether oxygens (including phenoxy) is 2. The van der Waals surface area contributed by atoms with Crippen LogP contribution in [0.5, 0.6) is 11.5 Å². The van der Waals surface area contributed by atoms with Crippen LogP contribution in [0.1, 0.15) is 24.2 Å². The first-order valence-corrected chi connectivity index (χ1v) is 8.00. The second kappa shape index (κ2) is 8.73. The summed E-state index contributed by atoms with van der Waals surface area (Å²) in [5.74, 6) is 0.958. The van der Waals surface area contributed by atoms with E-state index in [1.807, 2.05) is 38.1 Å². The normalized spacial score (nSPS) is 10.0. The molecule has 1 N–H and O–H groups in total. The molecule has 4 nitrogen and oxygen atoms in total. The fourth-order valence-electron chi connectivity index (χ4n) is 2.05. The Morgan fingerprint density at radius 1 is 0.960 bits per heavy atom. The van der Waals surface area contributed by atoms with Gasteiger partial charge in [-0.1, -0.05) is 31.4 Å². The minimum atomic E-state index is -0.241. The molecule has 2 aromatic rings. The number of nitrogens with one attached hydrogen (secondary N) is 1. The molecule has 0 aromatic heterocycles. The maximum atomic E-state index is 12.6. The van der Waals surface area contributed by atoms with Crippen molar-refractivity contribution < 1.29 is 14.3 Å². The van der Waals surface area contributed by atoms with Crippen LogP contribution in [0.2, 0.25) is 0 Å². The van der Waals surface area contributed by atoms with Crippen LogP contribution in [-0.4, -0.2) is 19.1 Å². The van der Waals surface area contributed by atoms with Gasteiger partial charge in [0.15, 0.2) is 0 Å². The number of rotatable bonds is 8. The van der Waals surface area contributed by atoms with Gasteiger partial charge < -0.3 is 14.8 Å². The van der Waals surface area contributed by atoms with Crippen molar-refractivity contribution in [2.45, 2.75) is 13.8 Å². The molecule has 0 saturated heterocycles. The molecule has 0 aliphatic carbocycles. The van der Waals surface area contributed by atoms with E-state index in [0.29, 0.717) is 36.0 Å². The van der Waals surface area contributed by atoms with E-state index in [4.69, 9.17) is 9.47 Å². The van der Waals surface area contributed by atoms with Crippen LogP contribution >= 0.6 is 0 Å². The number of benzene rings is 2. The van der Waals surface area contributed by atoms with Crippen LogP contribution in [0, 0.1) is 0 Å². The van der Waals surface area contributed by atoms with Crippen LogP contribution in [0.4, 0.5) is 5.69 Å². The topological polar surface area (TPSA) is 47.6 Å². The van der Waals surface area contributed by atoms with Gasteiger partial charge in [0.2, 0.25) is 0 Å².